The van der Waals surface area contributed by atoms with E-state index in [0.29, 0.717) is 30.1 Å². The Labute approximate surface area is 162 Å². The Morgan fingerprint density at radius 2 is 2.11 bits per heavy atom. The van der Waals surface area contributed by atoms with Crippen molar-refractivity contribution in [2.24, 2.45) is 34.2 Å². The number of fused-ring (bicyclic) bond motifs is 5. The van der Waals surface area contributed by atoms with Gasteiger partial charge >= 0.3 is 5.97 Å². The van der Waals surface area contributed by atoms with E-state index in [1.165, 1.54) is 12.0 Å². The third kappa shape index (κ3) is 2.65. The molecule has 27 heavy (non-hydrogen) atoms. The minimum Gasteiger partial charge on any atom is -0.445 e. The van der Waals surface area contributed by atoms with E-state index in [0.717, 1.165) is 50.7 Å². The minimum atomic E-state index is -0.727. The molecule has 6 atom stereocenters. The fraction of sp³-hybridized carbons (Fsp3) is 0.739. The highest BCUT2D eigenvalue weighted by Gasteiger charge is 2.64. The van der Waals surface area contributed by atoms with Crippen LogP contribution in [0.5, 0.6) is 0 Å². The van der Waals surface area contributed by atoms with Gasteiger partial charge < -0.3 is 9.94 Å². The summed E-state index contributed by atoms with van der Waals surface area (Å²) in [5.74, 6) is 5.29. The molecule has 3 fully saturated rings. The molecule has 0 aliphatic heterocycles. The third-order valence-electron chi connectivity index (χ3n) is 8.37. The van der Waals surface area contributed by atoms with Gasteiger partial charge in [0.25, 0.3) is 0 Å². The van der Waals surface area contributed by atoms with Crippen LogP contribution in [0.15, 0.2) is 16.8 Å². The summed E-state index contributed by atoms with van der Waals surface area (Å²) in [6.45, 7) is 4.12. The van der Waals surface area contributed by atoms with Crippen molar-refractivity contribution in [3.8, 4) is 12.3 Å². The molecule has 4 nitrogen and oxygen atoms in total. The van der Waals surface area contributed by atoms with Gasteiger partial charge in [-0.3, -0.25) is 4.79 Å². The van der Waals surface area contributed by atoms with E-state index in [1.54, 1.807) is 0 Å². The van der Waals surface area contributed by atoms with Gasteiger partial charge in [-0.1, -0.05) is 30.5 Å². The lowest BCUT2D eigenvalue weighted by Crippen LogP contribution is -2.53. The highest BCUT2D eigenvalue weighted by atomic mass is 16.6. The zero-order chi connectivity index (χ0) is 19.2. The number of terminal acetylenes is 1. The lowest BCUT2D eigenvalue weighted by atomic mass is 9.50. The van der Waals surface area contributed by atoms with Crippen molar-refractivity contribution >= 4 is 11.7 Å². The second-order valence-electron chi connectivity index (χ2n) is 9.22. The van der Waals surface area contributed by atoms with E-state index in [1.807, 2.05) is 6.92 Å². The van der Waals surface area contributed by atoms with E-state index < -0.39 is 5.60 Å². The molecule has 0 radical (unpaired) electrons. The monoisotopic (exact) mass is 369 g/mol. The van der Waals surface area contributed by atoms with Crippen molar-refractivity contribution in [3.63, 3.8) is 0 Å². The third-order valence-corrected chi connectivity index (χ3v) is 8.37. The largest absolute Gasteiger partial charge is 0.445 e. The number of hydrogen-bond donors (Lipinski definition) is 1. The second kappa shape index (κ2) is 6.69. The summed E-state index contributed by atoms with van der Waals surface area (Å²) in [6, 6.07) is 0. The van der Waals surface area contributed by atoms with E-state index in [-0.39, 0.29) is 11.4 Å². The molecule has 4 rings (SSSR count). The molecule has 4 aliphatic carbocycles. The SMILES string of the molecule is C#C[C@@]1(OC(=O)CC)CC[C@H]2[C@@H]3CCC4=C/C(=N/O)CC[C@@H]4[C@H]3CC[C@@]21C. The first kappa shape index (κ1) is 18.6. The lowest BCUT2D eigenvalue weighted by molar-refractivity contribution is -0.169. The van der Waals surface area contributed by atoms with Crippen LogP contribution in [-0.4, -0.2) is 22.5 Å². The molecule has 0 unspecified atom stereocenters. The van der Waals surface area contributed by atoms with Crippen molar-refractivity contribution in [3.05, 3.63) is 11.6 Å². The smallest absolute Gasteiger partial charge is 0.307 e. The van der Waals surface area contributed by atoms with Crippen LogP contribution in [0.3, 0.4) is 0 Å². The Morgan fingerprint density at radius 3 is 2.81 bits per heavy atom. The maximum atomic E-state index is 12.1. The summed E-state index contributed by atoms with van der Waals surface area (Å²) >= 11 is 0. The van der Waals surface area contributed by atoms with Crippen LogP contribution in [-0.2, 0) is 9.53 Å². The van der Waals surface area contributed by atoms with E-state index >= 15 is 0 Å². The molecular weight excluding hydrogens is 338 g/mol. The van der Waals surface area contributed by atoms with Crippen LogP contribution in [0.4, 0.5) is 0 Å². The first-order valence-electron chi connectivity index (χ1n) is 10.6. The van der Waals surface area contributed by atoms with Crippen LogP contribution < -0.4 is 0 Å². The van der Waals surface area contributed by atoms with E-state index in [4.69, 9.17) is 16.4 Å². The number of hydrogen-bond acceptors (Lipinski definition) is 4. The molecule has 1 N–H and O–H groups in total. The summed E-state index contributed by atoms with van der Waals surface area (Å²) < 4.78 is 5.95. The van der Waals surface area contributed by atoms with E-state index in [2.05, 4.69) is 24.1 Å². The molecule has 0 aromatic rings. The molecule has 4 heteroatoms. The van der Waals surface area contributed by atoms with E-state index in [9.17, 15) is 4.79 Å². The number of esters is 1. The Kier molecular flexibility index (Phi) is 4.61. The standard InChI is InChI=1S/C23H31NO3/c1-4-21(25)27-23(5-2)13-11-20-19-8-6-15-14-16(24-26)7-9-17(15)18(19)10-12-22(20,23)3/h2,14,17-20,26H,4,6-13H2,1,3H3/b24-16+/t17-,18+,19+,20-,22-,23+/m0/s1. The zero-order valence-electron chi connectivity index (χ0n) is 16.5. The molecule has 146 valence electrons. The van der Waals surface area contributed by atoms with Crippen LogP contribution >= 0.6 is 0 Å². The molecule has 0 aromatic heterocycles. The average Bonchev–Trinajstić information content (AvgIpc) is 2.99. The predicted octanol–water partition coefficient (Wildman–Crippen LogP) is 4.71. The first-order valence-corrected chi connectivity index (χ1v) is 10.6. The molecule has 0 aromatic carbocycles. The van der Waals surface area contributed by atoms with Gasteiger partial charge in [0.05, 0.1) is 5.71 Å². The van der Waals surface area contributed by atoms with Gasteiger partial charge in [0.1, 0.15) is 0 Å². The fourth-order valence-corrected chi connectivity index (χ4v) is 6.97. The van der Waals surface area contributed by atoms with Gasteiger partial charge in [-0.25, -0.2) is 0 Å². The van der Waals surface area contributed by atoms with Gasteiger partial charge in [0.15, 0.2) is 5.60 Å². The second-order valence-corrected chi connectivity index (χ2v) is 9.22. The topological polar surface area (TPSA) is 58.9 Å². The summed E-state index contributed by atoms with van der Waals surface area (Å²) in [6.07, 6.45) is 16.8. The molecule has 3 saturated carbocycles. The maximum absolute atomic E-state index is 12.1. The quantitative estimate of drug-likeness (QED) is 0.332. The Bertz CT molecular complexity index is 732. The Balaban J connectivity index is 1.61. The first-order chi connectivity index (χ1) is 13.0. The van der Waals surface area contributed by atoms with Gasteiger partial charge in [-0.15, -0.1) is 6.42 Å². The maximum Gasteiger partial charge on any atom is 0.307 e. The van der Waals surface area contributed by atoms with Crippen LogP contribution in [0.25, 0.3) is 0 Å². The molecule has 0 saturated heterocycles. The van der Waals surface area contributed by atoms with Crippen LogP contribution in [0.2, 0.25) is 0 Å². The molecule has 0 heterocycles. The highest BCUT2D eigenvalue weighted by molar-refractivity contribution is 5.96. The van der Waals surface area contributed by atoms with Crippen LogP contribution in [0, 0.1) is 41.4 Å². The highest BCUT2D eigenvalue weighted by Crippen LogP contribution is 2.65. The molecule has 0 amide bonds. The fourth-order valence-electron chi connectivity index (χ4n) is 6.97. The van der Waals surface area contributed by atoms with Crippen LogP contribution in [0.1, 0.15) is 71.6 Å². The van der Waals surface area contributed by atoms with Crippen molar-refractivity contribution < 1.29 is 14.7 Å². The number of carbonyl (C=O) groups is 1. The summed E-state index contributed by atoms with van der Waals surface area (Å²) in [7, 11) is 0. The summed E-state index contributed by atoms with van der Waals surface area (Å²) in [4.78, 5) is 12.1. The van der Waals surface area contributed by atoms with Crippen molar-refractivity contribution in [2.45, 2.75) is 77.2 Å². The summed E-state index contributed by atoms with van der Waals surface area (Å²) in [5, 5.41) is 12.6. The number of allylic oxidation sites excluding steroid dienone is 2. The van der Waals surface area contributed by atoms with Crippen molar-refractivity contribution in [1.29, 1.82) is 0 Å². The Morgan fingerprint density at radius 1 is 1.30 bits per heavy atom. The lowest BCUT2D eigenvalue weighted by Gasteiger charge is -2.55. The molecule has 0 bridgehead atoms. The van der Waals surface area contributed by atoms with Gasteiger partial charge in [-0.05, 0) is 81.1 Å². The van der Waals surface area contributed by atoms with Crippen molar-refractivity contribution in [1.82, 2.24) is 0 Å². The number of oxime groups is 1. The van der Waals surface area contributed by atoms with Gasteiger partial charge in [-0.2, -0.15) is 0 Å². The van der Waals surface area contributed by atoms with Gasteiger partial charge in [0, 0.05) is 11.8 Å². The summed E-state index contributed by atoms with van der Waals surface area (Å²) in [5.41, 5.74) is 1.48. The number of nitrogens with zero attached hydrogens (tertiary/aromatic N) is 1. The zero-order valence-corrected chi connectivity index (χ0v) is 16.5. The van der Waals surface area contributed by atoms with Crippen molar-refractivity contribution in [2.75, 3.05) is 0 Å². The molecule has 0 spiro atoms. The average molecular weight is 370 g/mol. The molecule has 4 aliphatic rings. The van der Waals surface area contributed by atoms with Gasteiger partial charge in [0.2, 0.25) is 0 Å². The number of carbonyl (C=O) groups excluding carboxylic acids is 1. The Hall–Kier alpha value is -1.76. The number of rotatable bonds is 2. The normalized spacial score (nSPS) is 44.5. The predicted molar refractivity (Wildman–Crippen MR) is 104 cm³/mol. The number of ether oxygens (including phenoxy) is 1. The molecular formula is C23H31NO3. The minimum absolute atomic E-state index is 0.110.